The largest absolute Gasteiger partial charge is 0.408 e. The van der Waals surface area contributed by atoms with Crippen LogP contribution in [0.25, 0.3) is 0 Å². The molecule has 0 bridgehead atoms. The van der Waals surface area contributed by atoms with E-state index in [9.17, 15) is 8.42 Å². The molecule has 0 amide bonds. The molecule has 17 heavy (non-hydrogen) atoms. The molecule has 1 N–H and O–H groups in total. The van der Waals surface area contributed by atoms with Gasteiger partial charge >= 0.3 is 6.01 Å². The molecule has 0 saturated carbocycles. The number of sulfone groups is 1. The van der Waals surface area contributed by atoms with Crippen LogP contribution in [0.4, 0.5) is 6.01 Å². The van der Waals surface area contributed by atoms with Gasteiger partial charge in [-0.2, -0.15) is 0 Å². The number of hydrogen-bond acceptors (Lipinski definition) is 6. The standard InChI is InChI=1S/C9H14ClN3O3S/c1-9(3-5-17(14,15)6-9)11-8-13-12-7(16-8)2-4-10/h2-6H2,1H3,(H,11,13). The van der Waals surface area contributed by atoms with Crippen molar-refractivity contribution in [2.45, 2.75) is 25.3 Å². The fourth-order valence-corrected chi connectivity index (χ4v) is 4.11. The lowest BCUT2D eigenvalue weighted by Gasteiger charge is -2.21. The Morgan fingerprint density at radius 1 is 1.53 bits per heavy atom. The highest BCUT2D eigenvalue weighted by Crippen LogP contribution is 2.26. The Labute approximate surface area is 105 Å². The summed E-state index contributed by atoms with van der Waals surface area (Å²) in [6.45, 7) is 1.84. The van der Waals surface area contributed by atoms with E-state index in [-0.39, 0.29) is 17.5 Å². The lowest BCUT2D eigenvalue weighted by atomic mass is 10.0. The number of aromatic nitrogens is 2. The van der Waals surface area contributed by atoms with Gasteiger partial charge in [0.25, 0.3) is 0 Å². The van der Waals surface area contributed by atoms with Crippen molar-refractivity contribution in [3.05, 3.63) is 5.89 Å². The van der Waals surface area contributed by atoms with Crippen molar-refractivity contribution in [1.82, 2.24) is 10.2 Å². The number of anilines is 1. The van der Waals surface area contributed by atoms with Crippen LogP contribution in [0, 0.1) is 0 Å². The highest BCUT2D eigenvalue weighted by Gasteiger charge is 2.39. The molecular formula is C9H14ClN3O3S. The number of aryl methyl sites for hydroxylation is 1. The number of hydrogen-bond donors (Lipinski definition) is 1. The van der Waals surface area contributed by atoms with Crippen molar-refractivity contribution in [3.8, 4) is 0 Å². The summed E-state index contributed by atoms with van der Waals surface area (Å²) in [5.74, 6) is 1.15. The molecule has 1 aromatic rings. The SMILES string of the molecule is CC1(Nc2nnc(CCCl)o2)CCS(=O)(=O)C1. The van der Waals surface area contributed by atoms with E-state index in [1.165, 1.54) is 0 Å². The molecule has 2 heterocycles. The van der Waals surface area contributed by atoms with E-state index in [0.29, 0.717) is 24.6 Å². The molecule has 1 fully saturated rings. The second-order valence-electron chi connectivity index (χ2n) is 4.47. The van der Waals surface area contributed by atoms with Gasteiger partial charge in [0.15, 0.2) is 9.84 Å². The molecule has 0 aliphatic carbocycles. The maximum Gasteiger partial charge on any atom is 0.315 e. The molecule has 2 rings (SSSR count). The normalized spacial score (nSPS) is 27.2. The fourth-order valence-electron chi connectivity index (χ4n) is 1.85. The van der Waals surface area contributed by atoms with Crippen LogP contribution in [-0.2, 0) is 16.3 Å². The number of nitrogens with one attached hydrogen (secondary N) is 1. The summed E-state index contributed by atoms with van der Waals surface area (Å²) in [5, 5.41) is 10.6. The summed E-state index contributed by atoms with van der Waals surface area (Å²) in [6, 6.07) is 0.254. The second-order valence-corrected chi connectivity index (χ2v) is 7.03. The zero-order chi connectivity index (χ0) is 12.5. The minimum Gasteiger partial charge on any atom is -0.408 e. The quantitative estimate of drug-likeness (QED) is 0.822. The summed E-state index contributed by atoms with van der Waals surface area (Å²) in [7, 11) is -2.95. The van der Waals surface area contributed by atoms with Crippen LogP contribution in [0.1, 0.15) is 19.2 Å². The van der Waals surface area contributed by atoms with Crippen LogP contribution >= 0.6 is 11.6 Å². The molecule has 96 valence electrons. The van der Waals surface area contributed by atoms with Crippen molar-refractivity contribution in [3.63, 3.8) is 0 Å². The van der Waals surface area contributed by atoms with Crippen LogP contribution in [-0.4, -0.2) is 41.5 Å². The van der Waals surface area contributed by atoms with Gasteiger partial charge in [0.05, 0.1) is 17.0 Å². The fraction of sp³-hybridized carbons (Fsp3) is 0.778. The molecule has 1 unspecified atom stereocenters. The van der Waals surface area contributed by atoms with E-state index < -0.39 is 15.4 Å². The third kappa shape index (κ3) is 3.10. The summed E-state index contributed by atoms with van der Waals surface area (Å²) < 4.78 is 28.1. The van der Waals surface area contributed by atoms with E-state index in [0.717, 1.165) is 0 Å². The Kier molecular flexibility index (Phi) is 3.31. The van der Waals surface area contributed by atoms with Crippen LogP contribution in [0.2, 0.25) is 0 Å². The molecule has 6 nitrogen and oxygen atoms in total. The van der Waals surface area contributed by atoms with E-state index in [1.807, 2.05) is 6.92 Å². The molecule has 0 aromatic carbocycles. The van der Waals surface area contributed by atoms with Gasteiger partial charge in [-0.3, -0.25) is 0 Å². The van der Waals surface area contributed by atoms with Crippen molar-refractivity contribution in [2.75, 3.05) is 22.7 Å². The molecule has 0 spiro atoms. The van der Waals surface area contributed by atoms with Gasteiger partial charge in [-0.15, -0.1) is 16.7 Å². The molecule has 1 saturated heterocycles. The number of rotatable bonds is 4. The Balaban J connectivity index is 2.05. The average molecular weight is 280 g/mol. The molecule has 1 aliphatic heterocycles. The van der Waals surface area contributed by atoms with Crippen molar-refractivity contribution < 1.29 is 12.8 Å². The second kappa shape index (κ2) is 4.45. The highest BCUT2D eigenvalue weighted by atomic mass is 35.5. The summed E-state index contributed by atoms with van der Waals surface area (Å²) >= 11 is 5.55. The Morgan fingerprint density at radius 2 is 2.29 bits per heavy atom. The van der Waals surface area contributed by atoms with E-state index in [1.54, 1.807) is 0 Å². The van der Waals surface area contributed by atoms with Gasteiger partial charge in [0, 0.05) is 12.3 Å². The first kappa shape index (κ1) is 12.6. The zero-order valence-corrected chi connectivity index (χ0v) is 11.0. The summed E-state index contributed by atoms with van der Waals surface area (Å²) in [6.07, 6.45) is 1.05. The van der Waals surface area contributed by atoms with Crippen molar-refractivity contribution in [1.29, 1.82) is 0 Å². The zero-order valence-electron chi connectivity index (χ0n) is 9.44. The Hall–Kier alpha value is -0.820. The monoisotopic (exact) mass is 279 g/mol. The Morgan fingerprint density at radius 3 is 2.88 bits per heavy atom. The predicted molar refractivity (Wildman–Crippen MR) is 64.0 cm³/mol. The average Bonchev–Trinajstić information content (AvgIpc) is 2.73. The van der Waals surface area contributed by atoms with Gasteiger partial charge in [-0.1, -0.05) is 5.10 Å². The number of nitrogens with zero attached hydrogens (tertiary/aromatic N) is 2. The number of alkyl halides is 1. The maximum atomic E-state index is 11.4. The first-order chi connectivity index (χ1) is 7.92. The lowest BCUT2D eigenvalue weighted by molar-refractivity contribution is 0.482. The molecule has 0 radical (unpaired) electrons. The summed E-state index contributed by atoms with van der Waals surface area (Å²) in [5.41, 5.74) is -0.524. The first-order valence-corrected chi connectivity index (χ1v) is 7.65. The predicted octanol–water partition coefficient (Wildman–Crippen LogP) is 0.840. The first-order valence-electron chi connectivity index (χ1n) is 5.29. The van der Waals surface area contributed by atoms with E-state index in [2.05, 4.69) is 15.5 Å². The minimum absolute atomic E-state index is 0.0905. The maximum absolute atomic E-state index is 11.4. The molecule has 1 atom stereocenters. The van der Waals surface area contributed by atoms with E-state index in [4.69, 9.17) is 16.0 Å². The minimum atomic E-state index is -2.95. The van der Waals surface area contributed by atoms with Crippen molar-refractivity contribution in [2.24, 2.45) is 0 Å². The molecular weight excluding hydrogens is 266 g/mol. The topological polar surface area (TPSA) is 85.1 Å². The molecule has 8 heteroatoms. The Bertz CT molecular complexity index is 501. The van der Waals surface area contributed by atoms with Gasteiger partial charge in [0.1, 0.15) is 0 Å². The molecule has 1 aromatic heterocycles. The highest BCUT2D eigenvalue weighted by molar-refractivity contribution is 7.91. The van der Waals surface area contributed by atoms with Crippen LogP contribution in [0.5, 0.6) is 0 Å². The van der Waals surface area contributed by atoms with Crippen LogP contribution in [0.15, 0.2) is 4.42 Å². The smallest absolute Gasteiger partial charge is 0.315 e. The van der Waals surface area contributed by atoms with Crippen LogP contribution < -0.4 is 5.32 Å². The van der Waals surface area contributed by atoms with Gasteiger partial charge in [-0.05, 0) is 13.3 Å². The van der Waals surface area contributed by atoms with Gasteiger partial charge in [0.2, 0.25) is 5.89 Å². The van der Waals surface area contributed by atoms with Gasteiger partial charge in [-0.25, -0.2) is 8.42 Å². The third-order valence-electron chi connectivity index (χ3n) is 2.69. The third-order valence-corrected chi connectivity index (χ3v) is 4.78. The summed E-state index contributed by atoms with van der Waals surface area (Å²) in [4.78, 5) is 0. The van der Waals surface area contributed by atoms with E-state index >= 15 is 0 Å². The van der Waals surface area contributed by atoms with Crippen molar-refractivity contribution >= 4 is 27.5 Å². The lowest BCUT2D eigenvalue weighted by Crippen LogP contribution is -2.36. The molecule has 1 aliphatic rings. The van der Waals surface area contributed by atoms with Gasteiger partial charge < -0.3 is 9.73 Å². The number of halogens is 1. The van der Waals surface area contributed by atoms with Crippen LogP contribution in [0.3, 0.4) is 0 Å².